The van der Waals surface area contributed by atoms with Gasteiger partial charge in [-0.2, -0.15) is 0 Å². The minimum atomic E-state index is -0.985. The molecule has 0 radical (unpaired) electrons. The van der Waals surface area contributed by atoms with Gasteiger partial charge in [-0.05, 0) is 17.7 Å². The Morgan fingerprint density at radius 1 is 1.29 bits per heavy atom. The maximum Gasteiger partial charge on any atom is 0.177 e. The molecular formula is C12H19N3OSi. The summed E-state index contributed by atoms with van der Waals surface area (Å²) in [6, 6.07) is 3.25. The maximum absolute atomic E-state index is 5.68. The highest BCUT2D eigenvalue weighted by Crippen LogP contribution is 2.11. The zero-order valence-electron chi connectivity index (χ0n) is 10.7. The van der Waals surface area contributed by atoms with E-state index in [2.05, 4.69) is 34.6 Å². The molecule has 0 atom stereocenters. The van der Waals surface area contributed by atoms with Crippen molar-refractivity contribution in [3.05, 3.63) is 24.2 Å². The van der Waals surface area contributed by atoms with Gasteiger partial charge < -0.3 is 9.72 Å². The fourth-order valence-corrected chi connectivity index (χ4v) is 2.28. The Hall–Kier alpha value is -1.20. The number of hydrogen-bond donors (Lipinski definition) is 1. The zero-order valence-corrected chi connectivity index (χ0v) is 11.7. The lowest BCUT2D eigenvalue weighted by Crippen LogP contribution is -2.21. The van der Waals surface area contributed by atoms with Crippen molar-refractivity contribution in [2.75, 3.05) is 6.61 Å². The third-order valence-corrected chi connectivity index (χ3v) is 4.30. The molecule has 2 heterocycles. The molecule has 0 unspecified atom stereocenters. The molecule has 17 heavy (non-hydrogen) atoms. The number of imidazole rings is 1. The van der Waals surface area contributed by atoms with Gasteiger partial charge >= 0.3 is 0 Å². The number of hydrogen-bond acceptors (Lipinski definition) is 3. The number of pyridine rings is 1. The van der Waals surface area contributed by atoms with E-state index in [4.69, 9.17) is 4.74 Å². The Kier molecular flexibility index (Phi) is 3.59. The van der Waals surface area contributed by atoms with Gasteiger partial charge in [0.05, 0.1) is 18.5 Å². The van der Waals surface area contributed by atoms with Gasteiger partial charge in [0.25, 0.3) is 0 Å². The van der Waals surface area contributed by atoms with Crippen molar-refractivity contribution >= 4 is 19.2 Å². The highest BCUT2D eigenvalue weighted by molar-refractivity contribution is 6.76. The van der Waals surface area contributed by atoms with Crippen LogP contribution < -0.4 is 0 Å². The molecule has 0 amide bonds. The first-order valence-electron chi connectivity index (χ1n) is 5.90. The molecule has 0 aliphatic heterocycles. The number of ether oxygens (including phenoxy) is 1. The summed E-state index contributed by atoms with van der Waals surface area (Å²) in [4.78, 5) is 11.4. The largest absolute Gasteiger partial charge is 0.377 e. The molecule has 0 fully saturated rings. The normalized spacial score (nSPS) is 12.2. The van der Waals surface area contributed by atoms with Crippen molar-refractivity contribution < 1.29 is 4.74 Å². The lowest BCUT2D eigenvalue weighted by molar-refractivity contribution is 0.133. The van der Waals surface area contributed by atoms with Gasteiger partial charge in [-0.3, -0.25) is 0 Å². The van der Waals surface area contributed by atoms with Crippen molar-refractivity contribution in [2.24, 2.45) is 0 Å². The lowest BCUT2D eigenvalue weighted by Gasteiger charge is -2.15. The van der Waals surface area contributed by atoms with Crippen LogP contribution >= 0.6 is 0 Å². The summed E-state index contributed by atoms with van der Waals surface area (Å²) in [5.74, 6) is 0. The summed E-state index contributed by atoms with van der Waals surface area (Å²) in [5.41, 5.74) is 2.82. The van der Waals surface area contributed by atoms with E-state index in [0.29, 0.717) is 6.61 Å². The third kappa shape index (κ3) is 3.64. The first-order valence-corrected chi connectivity index (χ1v) is 9.61. The Morgan fingerprint density at radius 2 is 2.12 bits per heavy atom. The summed E-state index contributed by atoms with van der Waals surface area (Å²) in [6.07, 6.45) is 3.49. The minimum absolute atomic E-state index is 0.631. The van der Waals surface area contributed by atoms with Gasteiger partial charge in [0.15, 0.2) is 5.65 Å². The molecule has 92 valence electrons. The first-order chi connectivity index (χ1) is 8.04. The number of aromatic amines is 1. The minimum Gasteiger partial charge on any atom is -0.377 e. The van der Waals surface area contributed by atoms with Crippen molar-refractivity contribution in [1.82, 2.24) is 15.0 Å². The summed E-state index contributed by atoms with van der Waals surface area (Å²) in [7, 11) is -0.985. The van der Waals surface area contributed by atoms with E-state index in [1.54, 1.807) is 6.33 Å². The molecule has 5 heteroatoms. The van der Waals surface area contributed by atoms with Crippen LogP contribution in [0, 0.1) is 0 Å². The SMILES string of the molecule is C[Si](C)(C)CCOCc1cnc2nc[nH]c2c1. The Morgan fingerprint density at radius 3 is 2.88 bits per heavy atom. The van der Waals surface area contributed by atoms with Crippen molar-refractivity contribution in [1.29, 1.82) is 0 Å². The maximum atomic E-state index is 5.68. The molecular weight excluding hydrogens is 230 g/mol. The predicted octanol–water partition coefficient (Wildman–Crippen LogP) is 2.81. The van der Waals surface area contributed by atoms with Gasteiger partial charge in [-0.25, -0.2) is 9.97 Å². The van der Waals surface area contributed by atoms with E-state index in [-0.39, 0.29) is 0 Å². The number of nitrogens with zero attached hydrogens (tertiary/aromatic N) is 2. The molecule has 2 aromatic rings. The fraction of sp³-hybridized carbons (Fsp3) is 0.500. The van der Waals surface area contributed by atoms with Gasteiger partial charge in [0, 0.05) is 20.9 Å². The fourth-order valence-electron chi connectivity index (χ4n) is 1.52. The molecule has 2 aromatic heterocycles. The van der Waals surface area contributed by atoms with E-state index < -0.39 is 8.07 Å². The molecule has 0 aliphatic carbocycles. The third-order valence-electron chi connectivity index (χ3n) is 2.60. The molecule has 0 saturated heterocycles. The van der Waals surface area contributed by atoms with Crippen LogP contribution in [-0.4, -0.2) is 29.6 Å². The van der Waals surface area contributed by atoms with Crippen LogP contribution in [0.4, 0.5) is 0 Å². The van der Waals surface area contributed by atoms with Crippen molar-refractivity contribution in [3.8, 4) is 0 Å². The monoisotopic (exact) mass is 249 g/mol. The lowest BCUT2D eigenvalue weighted by atomic mass is 10.3. The Balaban J connectivity index is 1.86. The molecule has 4 nitrogen and oxygen atoms in total. The summed E-state index contributed by atoms with van der Waals surface area (Å²) < 4.78 is 5.68. The number of fused-ring (bicyclic) bond motifs is 1. The van der Waals surface area contributed by atoms with Gasteiger partial charge in [-0.15, -0.1) is 0 Å². The molecule has 2 rings (SSSR count). The van der Waals surface area contributed by atoms with E-state index in [1.165, 1.54) is 6.04 Å². The second-order valence-electron chi connectivity index (χ2n) is 5.48. The van der Waals surface area contributed by atoms with E-state index in [1.807, 2.05) is 12.3 Å². The summed E-state index contributed by atoms with van der Waals surface area (Å²) >= 11 is 0. The van der Waals surface area contributed by atoms with Crippen LogP contribution in [0.5, 0.6) is 0 Å². The molecule has 0 aliphatic rings. The number of rotatable bonds is 5. The van der Waals surface area contributed by atoms with Crippen molar-refractivity contribution in [3.63, 3.8) is 0 Å². The van der Waals surface area contributed by atoms with Crippen LogP contribution in [0.3, 0.4) is 0 Å². The number of aromatic nitrogens is 3. The second-order valence-corrected chi connectivity index (χ2v) is 11.1. The van der Waals surface area contributed by atoms with Crippen LogP contribution in [0.25, 0.3) is 11.2 Å². The summed E-state index contributed by atoms with van der Waals surface area (Å²) in [5, 5.41) is 0. The number of H-pyrrole nitrogens is 1. The van der Waals surface area contributed by atoms with Gasteiger partial charge in [0.2, 0.25) is 0 Å². The van der Waals surface area contributed by atoms with E-state index in [9.17, 15) is 0 Å². The Labute approximate surface area is 102 Å². The predicted molar refractivity (Wildman–Crippen MR) is 71.7 cm³/mol. The average Bonchev–Trinajstić information content (AvgIpc) is 2.70. The van der Waals surface area contributed by atoms with Gasteiger partial charge in [-0.1, -0.05) is 19.6 Å². The van der Waals surface area contributed by atoms with Gasteiger partial charge in [0.1, 0.15) is 0 Å². The van der Waals surface area contributed by atoms with Crippen LogP contribution in [0.15, 0.2) is 18.6 Å². The van der Waals surface area contributed by atoms with E-state index >= 15 is 0 Å². The number of nitrogens with one attached hydrogen (secondary N) is 1. The van der Waals surface area contributed by atoms with Crippen LogP contribution in [0.1, 0.15) is 5.56 Å². The second kappa shape index (κ2) is 4.97. The summed E-state index contributed by atoms with van der Waals surface area (Å²) in [6.45, 7) is 8.54. The molecule has 1 N–H and O–H groups in total. The highest BCUT2D eigenvalue weighted by atomic mass is 28.3. The first kappa shape index (κ1) is 12.3. The quantitative estimate of drug-likeness (QED) is 0.655. The average molecular weight is 249 g/mol. The molecule has 0 saturated carbocycles. The zero-order chi connectivity index (χ0) is 12.3. The molecule has 0 bridgehead atoms. The highest BCUT2D eigenvalue weighted by Gasteiger charge is 2.12. The molecule has 0 aromatic carbocycles. The van der Waals surface area contributed by atoms with Crippen LogP contribution in [-0.2, 0) is 11.3 Å². The standard InChI is InChI=1S/C12H19N3OSi/c1-17(2,3)5-4-16-8-10-6-11-12(13-7-10)15-9-14-11/h6-7,9H,4-5,8H2,1-3H3,(H,13,14,15). The molecule has 0 spiro atoms. The Bertz CT molecular complexity index is 490. The van der Waals surface area contributed by atoms with Crippen LogP contribution in [0.2, 0.25) is 25.7 Å². The van der Waals surface area contributed by atoms with Crippen molar-refractivity contribution in [2.45, 2.75) is 32.3 Å². The van der Waals surface area contributed by atoms with E-state index in [0.717, 1.165) is 23.3 Å². The smallest absolute Gasteiger partial charge is 0.177 e. The topological polar surface area (TPSA) is 50.8 Å².